The third kappa shape index (κ3) is 2.59. The smallest absolute Gasteiger partial charge is 0.226 e. The van der Waals surface area contributed by atoms with Crippen LogP contribution in [0.4, 0.5) is 5.95 Å². The maximum Gasteiger partial charge on any atom is 0.226 e. The average Bonchev–Trinajstić information content (AvgIpc) is 2.86. The second kappa shape index (κ2) is 4.99. The lowest BCUT2D eigenvalue weighted by Crippen LogP contribution is -2.31. The highest BCUT2D eigenvalue weighted by atomic mass is 15.3. The van der Waals surface area contributed by atoms with E-state index in [0.717, 1.165) is 41.8 Å². The number of H-pyrrole nitrogens is 1. The minimum absolute atomic E-state index is 0.843. The Morgan fingerprint density at radius 1 is 1.00 bits per heavy atom. The van der Waals surface area contributed by atoms with Crippen LogP contribution in [0.3, 0.4) is 0 Å². The minimum atomic E-state index is 0.843. The summed E-state index contributed by atoms with van der Waals surface area (Å²) in [4.78, 5) is 11.5. The zero-order valence-electron chi connectivity index (χ0n) is 11.5. The standard InChI is InChI=1S/C14H19N5/c1-10-8-12(13-9-11(2)17-18-13)16-14(15-10)19-6-4-3-5-7-19/h8-9H,3-7H2,1-2H3,(H,17,18). The van der Waals surface area contributed by atoms with Crippen molar-refractivity contribution in [1.29, 1.82) is 0 Å². The van der Waals surface area contributed by atoms with Crippen LogP contribution < -0.4 is 4.90 Å². The van der Waals surface area contributed by atoms with E-state index in [1.54, 1.807) is 0 Å². The molecule has 0 spiro atoms. The number of hydrogen-bond acceptors (Lipinski definition) is 4. The molecule has 1 aliphatic rings. The number of aromatic amines is 1. The Kier molecular flexibility index (Phi) is 3.19. The van der Waals surface area contributed by atoms with Crippen LogP contribution in [0.5, 0.6) is 0 Å². The van der Waals surface area contributed by atoms with Gasteiger partial charge < -0.3 is 4.90 Å². The summed E-state index contributed by atoms with van der Waals surface area (Å²) in [5, 5.41) is 7.24. The van der Waals surface area contributed by atoms with Crippen molar-refractivity contribution in [3.63, 3.8) is 0 Å². The summed E-state index contributed by atoms with van der Waals surface area (Å²) in [6.07, 6.45) is 3.77. The van der Waals surface area contributed by atoms with Gasteiger partial charge in [-0.15, -0.1) is 0 Å². The molecule has 1 fully saturated rings. The molecule has 0 aliphatic carbocycles. The Morgan fingerprint density at radius 3 is 2.47 bits per heavy atom. The van der Waals surface area contributed by atoms with Gasteiger partial charge in [-0.2, -0.15) is 5.10 Å². The minimum Gasteiger partial charge on any atom is -0.341 e. The zero-order chi connectivity index (χ0) is 13.2. The molecule has 0 saturated carbocycles. The number of anilines is 1. The first-order valence-electron chi connectivity index (χ1n) is 6.85. The van der Waals surface area contributed by atoms with Gasteiger partial charge in [0.25, 0.3) is 0 Å². The van der Waals surface area contributed by atoms with Crippen molar-refractivity contribution in [1.82, 2.24) is 20.2 Å². The summed E-state index contributed by atoms with van der Waals surface area (Å²) >= 11 is 0. The molecule has 1 aliphatic heterocycles. The third-order valence-corrected chi connectivity index (χ3v) is 3.45. The summed E-state index contributed by atoms with van der Waals surface area (Å²) in [6, 6.07) is 4.00. The molecule has 0 aromatic carbocycles. The van der Waals surface area contributed by atoms with E-state index >= 15 is 0 Å². The van der Waals surface area contributed by atoms with Crippen LogP contribution in [-0.4, -0.2) is 33.3 Å². The first kappa shape index (κ1) is 12.1. The predicted octanol–water partition coefficient (Wildman–Crippen LogP) is 2.47. The summed E-state index contributed by atoms with van der Waals surface area (Å²) in [7, 11) is 0. The Hall–Kier alpha value is -1.91. The fourth-order valence-electron chi connectivity index (χ4n) is 2.47. The van der Waals surface area contributed by atoms with Crippen LogP contribution in [0, 0.1) is 13.8 Å². The Labute approximate surface area is 113 Å². The molecule has 5 heteroatoms. The predicted molar refractivity (Wildman–Crippen MR) is 75.2 cm³/mol. The molecule has 19 heavy (non-hydrogen) atoms. The van der Waals surface area contributed by atoms with Gasteiger partial charge in [-0.1, -0.05) is 0 Å². The SMILES string of the molecule is Cc1cc(-c2cc(C)[nH]n2)nc(N2CCCCC2)n1. The van der Waals surface area contributed by atoms with Gasteiger partial charge >= 0.3 is 0 Å². The molecule has 0 amide bonds. The highest BCUT2D eigenvalue weighted by Crippen LogP contribution is 2.21. The third-order valence-electron chi connectivity index (χ3n) is 3.45. The monoisotopic (exact) mass is 257 g/mol. The number of nitrogens with one attached hydrogen (secondary N) is 1. The number of aromatic nitrogens is 4. The van der Waals surface area contributed by atoms with E-state index in [1.165, 1.54) is 19.3 Å². The van der Waals surface area contributed by atoms with Crippen molar-refractivity contribution in [3.8, 4) is 11.4 Å². The van der Waals surface area contributed by atoms with Gasteiger partial charge in [0.2, 0.25) is 5.95 Å². The first-order chi connectivity index (χ1) is 9.22. The van der Waals surface area contributed by atoms with Crippen LogP contribution in [0.25, 0.3) is 11.4 Å². The molecule has 3 rings (SSSR count). The van der Waals surface area contributed by atoms with Crippen LogP contribution >= 0.6 is 0 Å². The molecular formula is C14H19N5. The maximum absolute atomic E-state index is 4.67. The van der Waals surface area contributed by atoms with Crippen LogP contribution in [0.1, 0.15) is 30.7 Å². The Bertz CT molecular complexity index is 569. The molecule has 5 nitrogen and oxygen atoms in total. The molecular weight excluding hydrogens is 238 g/mol. The molecule has 0 unspecified atom stereocenters. The topological polar surface area (TPSA) is 57.7 Å². The van der Waals surface area contributed by atoms with E-state index in [1.807, 2.05) is 26.0 Å². The van der Waals surface area contributed by atoms with Gasteiger partial charge in [0.05, 0.1) is 5.69 Å². The summed E-state index contributed by atoms with van der Waals surface area (Å²) in [6.45, 7) is 6.12. The molecule has 0 atom stereocenters. The molecule has 1 saturated heterocycles. The second-order valence-corrected chi connectivity index (χ2v) is 5.18. The fourth-order valence-corrected chi connectivity index (χ4v) is 2.47. The van der Waals surface area contributed by atoms with Crippen LogP contribution in [-0.2, 0) is 0 Å². The quantitative estimate of drug-likeness (QED) is 0.898. The van der Waals surface area contributed by atoms with Gasteiger partial charge in [0.15, 0.2) is 0 Å². The number of rotatable bonds is 2. The highest BCUT2D eigenvalue weighted by Gasteiger charge is 2.15. The van der Waals surface area contributed by atoms with E-state index in [0.29, 0.717) is 0 Å². The maximum atomic E-state index is 4.67. The lowest BCUT2D eigenvalue weighted by molar-refractivity contribution is 0.568. The molecule has 1 N–H and O–H groups in total. The fraction of sp³-hybridized carbons (Fsp3) is 0.500. The molecule has 0 radical (unpaired) electrons. The van der Waals surface area contributed by atoms with Gasteiger partial charge in [-0.3, -0.25) is 5.10 Å². The van der Waals surface area contributed by atoms with E-state index in [4.69, 9.17) is 0 Å². The summed E-state index contributed by atoms with van der Waals surface area (Å²) < 4.78 is 0. The van der Waals surface area contributed by atoms with Gasteiger partial charge in [-0.25, -0.2) is 9.97 Å². The molecule has 0 bridgehead atoms. The Balaban J connectivity index is 1.95. The number of piperidine rings is 1. The van der Waals surface area contributed by atoms with Gasteiger partial charge in [0, 0.05) is 24.5 Å². The summed E-state index contributed by atoms with van der Waals surface area (Å²) in [5.74, 6) is 0.843. The molecule has 2 aromatic heterocycles. The van der Waals surface area contributed by atoms with Crippen molar-refractivity contribution < 1.29 is 0 Å². The van der Waals surface area contributed by atoms with E-state index in [2.05, 4.69) is 25.1 Å². The van der Waals surface area contributed by atoms with E-state index in [9.17, 15) is 0 Å². The van der Waals surface area contributed by atoms with Crippen molar-refractivity contribution in [2.24, 2.45) is 0 Å². The van der Waals surface area contributed by atoms with Crippen molar-refractivity contribution in [3.05, 3.63) is 23.5 Å². The van der Waals surface area contributed by atoms with Gasteiger partial charge in [0.1, 0.15) is 5.69 Å². The summed E-state index contributed by atoms with van der Waals surface area (Å²) in [5.41, 5.74) is 3.83. The van der Waals surface area contributed by atoms with Crippen LogP contribution in [0.2, 0.25) is 0 Å². The molecule has 2 aromatic rings. The van der Waals surface area contributed by atoms with Crippen molar-refractivity contribution >= 4 is 5.95 Å². The van der Waals surface area contributed by atoms with E-state index < -0.39 is 0 Å². The normalized spacial score (nSPS) is 15.8. The van der Waals surface area contributed by atoms with Gasteiger partial charge in [-0.05, 0) is 45.2 Å². The van der Waals surface area contributed by atoms with Crippen LogP contribution in [0.15, 0.2) is 12.1 Å². The molecule has 3 heterocycles. The largest absolute Gasteiger partial charge is 0.341 e. The Morgan fingerprint density at radius 2 is 1.79 bits per heavy atom. The number of nitrogens with zero attached hydrogens (tertiary/aromatic N) is 4. The average molecular weight is 257 g/mol. The van der Waals surface area contributed by atoms with Crippen molar-refractivity contribution in [2.45, 2.75) is 33.1 Å². The number of aryl methyl sites for hydroxylation is 2. The number of hydrogen-bond donors (Lipinski definition) is 1. The lowest BCUT2D eigenvalue weighted by Gasteiger charge is -2.27. The van der Waals surface area contributed by atoms with E-state index in [-0.39, 0.29) is 0 Å². The van der Waals surface area contributed by atoms with Crippen molar-refractivity contribution in [2.75, 3.05) is 18.0 Å². The first-order valence-corrected chi connectivity index (χ1v) is 6.85. The second-order valence-electron chi connectivity index (χ2n) is 5.18. The molecule has 100 valence electrons. The zero-order valence-corrected chi connectivity index (χ0v) is 11.5. The highest BCUT2D eigenvalue weighted by molar-refractivity contribution is 5.56. The lowest BCUT2D eigenvalue weighted by atomic mass is 10.1.